The smallest absolute Gasteiger partial charge is 0.312 e. The number of nitrogens with two attached hydrogens (primary N) is 1. The first-order chi connectivity index (χ1) is 10.1. The van der Waals surface area contributed by atoms with E-state index in [0.29, 0.717) is 31.0 Å². The number of hydrogen-bond donors (Lipinski definition) is 1. The van der Waals surface area contributed by atoms with Crippen molar-refractivity contribution < 1.29 is 9.72 Å². The Bertz CT molecular complexity index is 571. The van der Waals surface area contributed by atoms with E-state index in [2.05, 4.69) is 5.10 Å². The van der Waals surface area contributed by atoms with E-state index in [-0.39, 0.29) is 35.8 Å². The van der Waals surface area contributed by atoms with Gasteiger partial charge in [0.05, 0.1) is 11.5 Å². The zero-order valence-electron chi connectivity index (χ0n) is 14.3. The molecule has 1 aromatic rings. The van der Waals surface area contributed by atoms with Crippen LogP contribution in [0.15, 0.2) is 0 Å². The Labute approximate surface area is 142 Å². The summed E-state index contributed by atoms with van der Waals surface area (Å²) in [5.74, 6) is -0.0308. The van der Waals surface area contributed by atoms with Crippen LogP contribution >= 0.6 is 12.4 Å². The van der Waals surface area contributed by atoms with E-state index in [1.54, 1.807) is 25.8 Å². The lowest BCUT2D eigenvalue weighted by Crippen LogP contribution is -2.40. The quantitative estimate of drug-likeness (QED) is 0.596. The Morgan fingerprint density at radius 1 is 1.43 bits per heavy atom. The number of hydrogen-bond acceptors (Lipinski definition) is 5. The van der Waals surface area contributed by atoms with Crippen LogP contribution in [-0.4, -0.2) is 45.6 Å². The number of carbonyl (C=O) groups excluding carboxylic acids is 1. The fourth-order valence-electron chi connectivity index (χ4n) is 2.36. The van der Waals surface area contributed by atoms with Gasteiger partial charge in [-0.25, -0.2) is 0 Å². The number of aromatic nitrogens is 2. The average Bonchev–Trinajstić information content (AvgIpc) is 2.70. The van der Waals surface area contributed by atoms with Gasteiger partial charge >= 0.3 is 5.69 Å². The molecular weight excluding hydrogens is 322 g/mol. The van der Waals surface area contributed by atoms with E-state index in [4.69, 9.17) is 5.73 Å². The molecule has 23 heavy (non-hydrogen) atoms. The van der Waals surface area contributed by atoms with Crippen LogP contribution in [0.3, 0.4) is 0 Å². The van der Waals surface area contributed by atoms with Crippen molar-refractivity contribution in [1.29, 1.82) is 0 Å². The van der Waals surface area contributed by atoms with Gasteiger partial charge in [0.2, 0.25) is 5.91 Å². The van der Waals surface area contributed by atoms with Gasteiger partial charge in [-0.2, -0.15) is 5.10 Å². The molecular formula is C14H26ClN5O3. The molecule has 0 aromatic carbocycles. The number of rotatable bonds is 7. The zero-order valence-corrected chi connectivity index (χ0v) is 15.1. The molecule has 0 radical (unpaired) electrons. The third-order valence-corrected chi connectivity index (χ3v) is 3.71. The van der Waals surface area contributed by atoms with Gasteiger partial charge in [0.1, 0.15) is 11.4 Å². The molecule has 1 aromatic heterocycles. The maximum Gasteiger partial charge on any atom is 0.312 e. The summed E-state index contributed by atoms with van der Waals surface area (Å²) in [6.45, 7) is 8.63. The molecule has 0 atom stereocenters. The van der Waals surface area contributed by atoms with Crippen molar-refractivity contribution in [3.05, 3.63) is 21.5 Å². The minimum atomic E-state index is -0.439. The SMILES string of the molecule is Cc1nn(CCC(=O)N(C)CC(C)(C)CN)c(C)c1[N+](=O)[O-].Cl. The lowest BCUT2D eigenvalue weighted by Gasteiger charge is -2.29. The molecule has 0 bridgehead atoms. The summed E-state index contributed by atoms with van der Waals surface area (Å²) in [5.41, 5.74) is 6.39. The normalized spacial score (nSPS) is 11.0. The van der Waals surface area contributed by atoms with E-state index in [1.165, 1.54) is 4.68 Å². The summed E-state index contributed by atoms with van der Waals surface area (Å²) in [4.78, 5) is 24.3. The lowest BCUT2D eigenvalue weighted by molar-refractivity contribution is -0.386. The molecule has 1 amide bonds. The first-order valence-electron chi connectivity index (χ1n) is 7.21. The van der Waals surface area contributed by atoms with Crippen molar-refractivity contribution in [3.8, 4) is 0 Å². The van der Waals surface area contributed by atoms with Crippen LogP contribution in [-0.2, 0) is 11.3 Å². The first kappa shape index (κ1) is 21.3. The highest BCUT2D eigenvalue weighted by Gasteiger charge is 2.23. The highest BCUT2D eigenvalue weighted by atomic mass is 35.5. The predicted octanol–water partition coefficient (Wildman–Crippen LogP) is 1.66. The third-order valence-electron chi connectivity index (χ3n) is 3.71. The molecule has 2 N–H and O–H groups in total. The minimum absolute atomic E-state index is 0. The van der Waals surface area contributed by atoms with Crippen LogP contribution in [0.1, 0.15) is 31.7 Å². The standard InChI is InChI=1S/C14H25N5O3.ClH/c1-10-13(19(21)22)11(2)18(16-10)7-6-12(20)17(5)9-14(3,4)8-15;/h6-9,15H2,1-5H3;1H. The van der Waals surface area contributed by atoms with Gasteiger partial charge in [0.25, 0.3) is 0 Å². The molecule has 8 nitrogen and oxygen atoms in total. The van der Waals surface area contributed by atoms with Gasteiger partial charge in [-0.1, -0.05) is 13.8 Å². The summed E-state index contributed by atoms with van der Waals surface area (Å²) >= 11 is 0. The number of halogens is 1. The molecule has 1 rings (SSSR count). The maximum absolute atomic E-state index is 12.2. The monoisotopic (exact) mass is 347 g/mol. The number of amides is 1. The summed E-state index contributed by atoms with van der Waals surface area (Å²) in [6, 6.07) is 0. The van der Waals surface area contributed by atoms with Crippen LogP contribution in [0.5, 0.6) is 0 Å². The van der Waals surface area contributed by atoms with Crippen molar-refractivity contribution in [2.45, 2.75) is 40.7 Å². The Balaban J connectivity index is 0.00000484. The second-order valence-electron chi connectivity index (χ2n) is 6.37. The minimum Gasteiger partial charge on any atom is -0.345 e. The van der Waals surface area contributed by atoms with Crippen molar-refractivity contribution in [2.75, 3.05) is 20.1 Å². The van der Waals surface area contributed by atoms with E-state index in [0.717, 1.165) is 0 Å². The van der Waals surface area contributed by atoms with Gasteiger partial charge in [-0.3, -0.25) is 19.6 Å². The van der Waals surface area contributed by atoms with E-state index in [1.807, 2.05) is 13.8 Å². The molecule has 9 heteroatoms. The number of carbonyl (C=O) groups is 1. The highest BCUT2D eigenvalue weighted by Crippen LogP contribution is 2.22. The Morgan fingerprint density at radius 2 is 2.00 bits per heavy atom. The van der Waals surface area contributed by atoms with Crippen LogP contribution in [0.4, 0.5) is 5.69 Å². The first-order valence-corrected chi connectivity index (χ1v) is 7.21. The van der Waals surface area contributed by atoms with E-state index < -0.39 is 4.92 Å². The number of aryl methyl sites for hydroxylation is 2. The predicted molar refractivity (Wildman–Crippen MR) is 90.7 cm³/mol. The summed E-state index contributed by atoms with van der Waals surface area (Å²) in [7, 11) is 1.74. The second kappa shape index (κ2) is 8.26. The number of nitro groups is 1. The molecule has 0 aliphatic rings. The lowest BCUT2D eigenvalue weighted by atomic mass is 9.93. The largest absolute Gasteiger partial charge is 0.345 e. The average molecular weight is 348 g/mol. The molecule has 0 unspecified atom stereocenters. The molecule has 0 spiro atoms. The summed E-state index contributed by atoms with van der Waals surface area (Å²) in [6.07, 6.45) is 0.246. The second-order valence-corrected chi connectivity index (χ2v) is 6.37. The van der Waals surface area contributed by atoms with E-state index in [9.17, 15) is 14.9 Å². The zero-order chi connectivity index (χ0) is 17.1. The molecule has 0 aliphatic heterocycles. The van der Waals surface area contributed by atoms with Crippen molar-refractivity contribution in [3.63, 3.8) is 0 Å². The van der Waals surface area contributed by atoms with Gasteiger partial charge in [0, 0.05) is 20.0 Å². The third kappa shape index (κ3) is 5.47. The Kier molecular flexibility index (Phi) is 7.66. The van der Waals surface area contributed by atoms with Crippen molar-refractivity contribution in [2.24, 2.45) is 11.1 Å². The van der Waals surface area contributed by atoms with E-state index >= 15 is 0 Å². The topological polar surface area (TPSA) is 107 Å². The van der Waals surface area contributed by atoms with Gasteiger partial charge in [0.15, 0.2) is 0 Å². The Hall–Kier alpha value is -1.67. The fraction of sp³-hybridized carbons (Fsp3) is 0.714. The van der Waals surface area contributed by atoms with Crippen LogP contribution in [0.25, 0.3) is 0 Å². The molecule has 0 fully saturated rings. The molecule has 132 valence electrons. The summed E-state index contributed by atoms with van der Waals surface area (Å²) in [5, 5.41) is 15.1. The molecule has 0 saturated heterocycles. The van der Waals surface area contributed by atoms with Crippen LogP contribution in [0.2, 0.25) is 0 Å². The van der Waals surface area contributed by atoms with Gasteiger partial charge in [-0.05, 0) is 25.8 Å². The fourth-order valence-corrected chi connectivity index (χ4v) is 2.36. The van der Waals surface area contributed by atoms with Crippen LogP contribution < -0.4 is 5.73 Å². The summed E-state index contributed by atoms with van der Waals surface area (Å²) < 4.78 is 1.52. The highest BCUT2D eigenvalue weighted by molar-refractivity contribution is 5.85. The Morgan fingerprint density at radius 3 is 2.43 bits per heavy atom. The molecule has 0 aliphatic carbocycles. The van der Waals surface area contributed by atoms with Gasteiger partial charge in [-0.15, -0.1) is 12.4 Å². The maximum atomic E-state index is 12.2. The van der Waals surface area contributed by atoms with Gasteiger partial charge < -0.3 is 10.6 Å². The van der Waals surface area contributed by atoms with Crippen molar-refractivity contribution >= 4 is 24.0 Å². The molecule has 0 saturated carbocycles. The molecule has 1 heterocycles. The number of nitrogens with zero attached hydrogens (tertiary/aromatic N) is 4. The van der Waals surface area contributed by atoms with Crippen LogP contribution in [0, 0.1) is 29.4 Å². The van der Waals surface area contributed by atoms with Crippen molar-refractivity contribution in [1.82, 2.24) is 14.7 Å².